The molecule has 1 saturated carbocycles. The molecule has 2 aromatic carbocycles. The molecule has 0 spiro atoms. The Balaban J connectivity index is 1.28. The van der Waals surface area contributed by atoms with Crippen LogP contribution in [0.15, 0.2) is 53.6 Å². The fraction of sp³-hybridized carbons (Fsp3) is 0.455. The normalized spacial score (nSPS) is 20.3. The van der Waals surface area contributed by atoms with E-state index in [1.54, 1.807) is 53.3 Å². The molecule has 2 atom stereocenters. The molecular weight excluding hydrogens is 614 g/mol. The molecule has 242 valence electrons. The van der Waals surface area contributed by atoms with Crippen LogP contribution < -0.4 is 4.90 Å². The molecule has 1 unspecified atom stereocenters. The minimum atomic E-state index is -3.92. The fourth-order valence-electron chi connectivity index (χ4n) is 7.03. The zero-order valence-corrected chi connectivity index (χ0v) is 26.3. The van der Waals surface area contributed by atoms with E-state index in [1.807, 2.05) is 6.92 Å². The van der Waals surface area contributed by atoms with Gasteiger partial charge in [-0.15, -0.1) is 5.10 Å². The first kappa shape index (κ1) is 30.7. The molecule has 1 N–H and O–H groups in total. The summed E-state index contributed by atoms with van der Waals surface area (Å²) in [5.41, 5.74) is 2.46. The van der Waals surface area contributed by atoms with Crippen molar-refractivity contribution in [1.82, 2.24) is 24.3 Å². The average Bonchev–Trinajstić information content (AvgIpc) is 3.78. The molecule has 2 fully saturated rings. The molecule has 0 radical (unpaired) electrons. The molecule has 13 heteroatoms. The van der Waals surface area contributed by atoms with E-state index in [1.165, 1.54) is 4.31 Å². The van der Waals surface area contributed by atoms with Gasteiger partial charge in [0.15, 0.2) is 0 Å². The SMILES string of the molecule is Cc1ccc([C@H](CC(=O)O)c2ccc3c(nnn3CC3CC3)c2C(F)F)cc1CN1CC2CCCCN2c2ncccc2S1(=O)=O. The van der Waals surface area contributed by atoms with E-state index in [-0.39, 0.29) is 40.7 Å². The number of carboxylic acid groups (broad SMARTS) is 1. The first-order valence-corrected chi connectivity index (χ1v) is 17.2. The van der Waals surface area contributed by atoms with Gasteiger partial charge in [-0.25, -0.2) is 26.9 Å². The van der Waals surface area contributed by atoms with Crippen LogP contribution in [0.3, 0.4) is 0 Å². The van der Waals surface area contributed by atoms with Crippen LogP contribution in [0.4, 0.5) is 14.6 Å². The number of piperidine rings is 1. The Hall–Kier alpha value is -3.97. The number of aryl methyl sites for hydroxylation is 1. The number of benzene rings is 2. The molecule has 2 aromatic heterocycles. The van der Waals surface area contributed by atoms with E-state index in [0.717, 1.165) is 44.2 Å². The van der Waals surface area contributed by atoms with Gasteiger partial charge in [0.1, 0.15) is 16.2 Å². The van der Waals surface area contributed by atoms with Crippen molar-refractivity contribution < 1.29 is 27.1 Å². The Morgan fingerprint density at radius 3 is 2.70 bits per heavy atom. The molecule has 4 heterocycles. The lowest BCUT2D eigenvalue weighted by Crippen LogP contribution is -2.45. The number of hydrogen-bond donors (Lipinski definition) is 1. The lowest BCUT2D eigenvalue weighted by atomic mass is 9.84. The lowest BCUT2D eigenvalue weighted by molar-refractivity contribution is -0.137. The number of sulfonamides is 1. The van der Waals surface area contributed by atoms with Crippen molar-refractivity contribution in [3.63, 3.8) is 0 Å². The number of hydrogen-bond acceptors (Lipinski definition) is 7. The zero-order valence-electron chi connectivity index (χ0n) is 25.5. The molecule has 0 amide bonds. The van der Waals surface area contributed by atoms with Crippen LogP contribution in [0, 0.1) is 12.8 Å². The van der Waals surface area contributed by atoms with Gasteiger partial charge in [-0.2, -0.15) is 4.31 Å². The lowest BCUT2D eigenvalue weighted by Gasteiger charge is -2.36. The van der Waals surface area contributed by atoms with Crippen LogP contribution in [-0.4, -0.2) is 62.9 Å². The number of aliphatic carboxylic acids is 1. The predicted octanol–water partition coefficient (Wildman–Crippen LogP) is 5.65. The van der Waals surface area contributed by atoms with E-state index in [4.69, 9.17) is 0 Å². The number of halogens is 2. The minimum Gasteiger partial charge on any atom is -0.481 e. The third-order valence-electron chi connectivity index (χ3n) is 9.67. The van der Waals surface area contributed by atoms with Crippen LogP contribution in [0.5, 0.6) is 0 Å². The van der Waals surface area contributed by atoms with E-state index in [2.05, 4.69) is 20.2 Å². The van der Waals surface area contributed by atoms with Crippen LogP contribution >= 0.6 is 0 Å². The summed E-state index contributed by atoms with van der Waals surface area (Å²) in [4.78, 5) is 18.9. The quantitative estimate of drug-likeness (QED) is 0.247. The number of carbonyl (C=O) groups is 1. The smallest absolute Gasteiger partial charge is 0.304 e. The van der Waals surface area contributed by atoms with Gasteiger partial charge < -0.3 is 10.0 Å². The molecular formula is C33H36F2N6O4S. The minimum absolute atomic E-state index is 0.0309. The van der Waals surface area contributed by atoms with Crippen LogP contribution in [-0.2, 0) is 27.9 Å². The summed E-state index contributed by atoms with van der Waals surface area (Å²) in [7, 11) is -3.92. The third-order valence-corrected chi connectivity index (χ3v) is 11.5. The molecule has 46 heavy (non-hydrogen) atoms. The van der Waals surface area contributed by atoms with Gasteiger partial charge >= 0.3 is 5.97 Å². The van der Waals surface area contributed by atoms with Crippen molar-refractivity contribution in [2.24, 2.45) is 5.92 Å². The molecule has 0 bridgehead atoms. The van der Waals surface area contributed by atoms with Gasteiger partial charge in [0, 0.05) is 44.3 Å². The van der Waals surface area contributed by atoms with Gasteiger partial charge in [0.05, 0.1) is 17.5 Å². The highest BCUT2D eigenvalue weighted by Crippen LogP contribution is 2.41. The summed E-state index contributed by atoms with van der Waals surface area (Å²) in [6, 6.07) is 11.8. The molecule has 1 aliphatic carbocycles. The Kier molecular flexibility index (Phi) is 8.00. The van der Waals surface area contributed by atoms with Gasteiger partial charge in [-0.05, 0) is 85.4 Å². The fourth-order valence-corrected chi connectivity index (χ4v) is 8.63. The van der Waals surface area contributed by atoms with Gasteiger partial charge in [0.25, 0.3) is 6.43 Å². The van der Waals surface area contributed by atoms with E-state index < -0.39 is 34.8 Å². The second-order valence-electron chi connectivity index (χ2n) is 12.8. The summed E-state index contributed by atoms with van der Waals surface area (Å²) in [6.07, 6.45) is 3.21. The predicted molar refractivity (Wildman–Crippen MR) is 167 cm³/mol. The Labute approximate surface area is 266 Å². The topological polar surface area (TPSA) is 122 Å². The van der Waals surface area contributed by atoms with Gasteiger partial charge in [-0.1, -0.05) is 29.5 Å². The molecule has 2 aliphatic heterocycles. The maximum atomic E-state index is 14.8. The molecule has 1 saturated heterocycles. The van der Waals surface area contributed by atoms with Crippen LogP contribution in [0.25, 0.3) is 11.0 Å². The van der Waals surface area contributed by atoms with Crippen LogP contribution in [0.1, 0.15) is 78.7 Å². The van der Waals surface area contributed by atoms with E-state index in [0.29, 0.717) is 34.9 Å². The number of aromatic nitrogens is 4. The van der Waals surface area contributed by atoms with Crippen molar-refractivity contribution in [3.8, 4) is 0 Å². The number of pyridine rings is 1. The summed E-state index contributed by atoms with van der Waals surface area (Å²) in [6.45, 7) is 3.54. The standard InChI is InChI=1S/C33H36F2N6O4S/c1-20-7-10-22(15-23(20)18-39-19-24-5-2-3-14-40(24)33-28(46(39,44)45)6-4-13-36-33)26(16-29(42)43)25-11-12-27-31(30(25)32(34)35)37-38-41(27)17-21-8-9-21/h4,6-7,10-13,15,21,24,26,32H,2-3,5,8-9,14,16-19H2,1H3,(H,42,43)/t24?,26-/m0/s1. The second kappa shape index (κ2) is 12.0. The maximum Gasteiger partial charge on any atom is 0.304 e. The number of rotatable bonds is 9. The van der Waals surface area contributed by atoms with Gasteiger partial charge in [0.2, 0.25) is 10.0 Å². The van der Waals surface area contributed by atoms with Crippen molar-refractivity contribution in [2.45, 2.75) is 81.8 Å². The van der Waals surface area contributed by atoms with Crippen molar-refractivity contribution in [3.05, 3.63) is 76.5 Å². The summed E-state index contributed by atoms with van der Waals surface area (Å²) in [5.74, 6) is -1.12. The van der Waals surface area contributed by atoms with Crippen LogP contribution in [0.2, 0.25) is 0 Å². The first-order valence-electron chi connectivity index (χ1n) is 15.8. The zero-order chi connectivity index (χ0) is 32.2. The number of anilines is 1. The third kappa shape index (κ3) is 5.63. The molecule has 7 rings (SSSR count). The summed E-state index contributed by atoms with van der Waals surface area (Å²) >= 11 is 0. The number of fused-ring (bicyclic) bond motifs is 4. The number of alkyl halides is 2. The molecule has 10 nitrogen and oxygen atoms in total. The largest absolute Gasteiger partial charge is 0.481 e. The highest BCUT2D eigenvalue weighted by molar-refractivity contribution is 7.89. The average molecular weight is 651 g/mol. The second-order valence-corrected chi connectivity index (χ2v) is 14.7. The molecule has 3 aliphatic rings. The first-order chi connectivity index (χ1) is 22.1. The summed E-state index contributed by atoms with van der Waals surface area (Å²) < 4.78 is 60.8. The highest BCUT2D eigenvalue weighted by Gasteiger charge is 2.39. The van der Waals surface area contributed by atoms with Gasteiger partial charge in [-0.3, -0.25) is 4.79 Å². The maximum absolute atomic E-state index is 14.8. The highest BCUT2D eigenvalue weighted by atomic mass is 32.2. The Morgan fingerprint density at radius 1 is 1.11 bits per heavy atom. The Morgan fingerprint density at radius 2 is 1.93 bits per heavy atom. The van der Waals surface area contributed by atoms with Crippen molar-refractivity contribution in [1.29, 1.82) is 0 Å². The van der Waals surface area contributed by atoms with E-state index >= 15 is 0 Å². The number of carboxylic acids is 1. The molecule has 4 aromatic rings. The van der Waals surface area contributed by atoms with Crippen molar-refractivity contribution >= 4 is 32.8 Å². The summed E-state index contributed by atoms with van der Waals surface area (Å²) in [5, 5.41) is 18.2. The number of nitrogens with zero attached hydrogens (tertiary/aromatic N) is 6. The van der Waals surface area contributed by atoms with E-state index in [9.17, 15) is 27.1 Å². The monoisotopic (exact) mass is 650 g/mol. The van der Waals surface area contributed by atoms with Crippen molar-refractivity contribution in [2.75, 3.05) is 18.0 Å². The Bertz CT molecular complexity index is 1910.